The number of ether oxygens (including phenoxy) is 6. The average Bonchev–Trinajstić information content (AvgIpc) is 3.21. The Bertz CT molecular complexity index is 1800. The van der Waals surface area contributed by atoms with Gasteiger partial charge in [0.25, 0.3) is 0 Å². The summed E-state index contributed by atoms with van der Waals surface area (Å²) in [6, 6.07) is 1.45. The highest BCUT2D eigenvalue weighted by Gasteiger charge is 2.45. The van der Waals surface area contributed by atoms with Crippen LogP contribution in [0.15, 0.2) is 12.7 Å². The van der Waals surface area contributed by atoms with E-state index in [4.69, 9.17) is 44.9 Å². The fourth-order valence-corrected chi connectivity index (χ4v) is 37.4. The first-order valence-electron chi connectivity index (χ1n) is 28.7. The van der Waals surface area contributed by atoms with Crippen LogP contribution in [0.25, 0.3) is 0 Å². The van der Waals surface area contributed by atoms with Crippen molar-refractivity contribution in [1.82, 2.24) is 10.6 Å². The molecule has 4 atom stereocenters. The zero-order chi connectivity index (χ0) is 59.0. The molecule has 2 aliphatic carbocycles. The molecule has 0 radical (unpaired) electrons. The van der Waals surface area contributed by atoms with Gasteiger partial charge in [0.2, 0.25) is 0 Å². The predicted octanol–water partition coefficient (Wildman–Crippen LogP) is 13.3. The second-order valence-electron chi connectivity index (χ2n) is 29.4. The minimum atomic E-state index is -2.55. The fraction of sp³-hybridized carbons (Fsp3) is 0.891. The molecule has 0 aliphatic heterocycles. The molecule has 450 valence electrons. The Morgan fingerprint density at radius 1 is 0.558 bits per heavy atom. The molecule has 16 nitrogen and oxygen atoms in total. The Kier molecular flexibility index (Phi) is 27.4. The van der Waals surface area contributed by atoms with Crippen molar-refractivity contribution < 1.29 is 64.1 Å². The largest absolute Gasteiger partial charge is 0.462 e. The molecule has 2 N–H and O–H groups in total. The molecular weight excluding hydrogens is 1080 g/mol. The van der Waals surface area contributed by atoms with Crippen LogP contribution in [0.5, 0.6) is 0 Å². The molecule has 0 heterocycles. The van der Waals surface area contributed by atoms with Gasteiger partial charge in [-0.1, -0.05) is 61.5 Å². The first kappa shape index (κ1) is 71.4. The van der Waals surface area contributed by atoms with Crippen LogP contribution in [0, 0.1) is 33.0 Å². The van der Waals surface area contributed by atoms with Crippen molar-refractivity contribution in [3.63, 3.8) is 0 Å². The van der Waals surface area contributed by atoms with Crippen LogP contribution in [0.4, 0.5) is 9.59 Å². The number of amides is 2. The molecule has 0 aromatic rings. The SMILES string of the molecule is C=CC(=O)OCCOC(=O)CC1CC(C)(C)CC(C)(CNC(=O)OCC(COCCC[Si](C)(O[Si](C)(C)C)O[Si](C)(C)C)(COCCC[Si](C)(O[Si](C)(C)C)O[Si](C)(C)C)COC(=O)NC2CC(C)(C)CC(C)(CC)C2)C1. The highest BCUT2D eigenvalue weighted by atomic mass is 28.5. The number of hydrogen-bond acceptors (Lipinski definition) is 14. The molecule has 0 bridgehead atoms. The summed E-state index contributed by atoms with van der Waals surface area (Å²) < 4.78 is 63.1. The van der Waals surface area contributed by atoms with E-state index in [0.717, 1.165) is 56.7 Å². The molecule has 0 spiro atoms. The van der Waals surface area contributed by atoms with E-state index in [0.29, 0.717) is 39.0 Å². The van der Waals surface area contributed by atoms with Crippen LogP contribution >= 0.6 is 0 Å². The summed E-state index contributed by atoms with van der Waals surface area (Å²) in [7, 11) is -12.8. The molecule has 77 heavy (non-hydrogen) atoms. The normalized spacial score (nSPS) is 22.4. The molecule has 2 amide bonds. The van der Waals surface area contributed by atoms with Crippen LogP contribution in [-0.2, 0) is 54.5 Å². The first-order valence-corrected chi connectivity index (χ1v) is 47.4. The molecule has 4 unspecified atom stereocenters. The third-order valence-corrected chi connectivity index (χ3v) is 33.0. The summed E-state index contributed by atoms with van der Waals surface area (Å²) in [5, 5.41) is 6.28. The number of carbonyl (C=O) groups excluding carboxylic acids is 4. The number of esters is 2. The number of hydrogen-bond donors (Lipinski definition) is 2. The van der Waals surface area contributed by atoms with Gasteiger partial charge in [0.05, 0.1) is 18.6 Å². The lowest BCUT2D eigenvalue weighted by Gasteiger charge is -2.46. The maximum atomic E-state index is 14.0. The maximum Gasteiger partial charge on any atom is 0.407 e. The lowest BCUT2D eigenvalue weighted by atomic mass is 9.60. The molecule has 0 saturated heterocycles. The number of nitrogens with one attached hydrogen (secondary N) is 2. The quantitative estimate of drug-likeness (QED) is 0.0204. The minimum absolute atomic E-state index is 0.0138. The molecule has 0 aromatic carbocycles. The zero-order valence-electron chi connectivity index (χ0n) is 52.5. The fourth-order valence-electron chi connectivity index (χ4n) is 12.4. The average molecular weight is 1190 g/mol. The van der Waals surface area contributed by atoms with Crippen molar-refractivity contribution in [1.29, 1.82) is 0 Å². The molecule has 2 saturated carbocycles. The van der Waals surface area contributed by atoms with Gasteiger partial charge in [-0.15, -0.1) is 0 Å². The van der Waals surface area contributed by atoms with E-state index in [1.807, 2.05) is 0 Å². The highest BCUT2D eigenvalue weighted by molar-refractivity contribution is 6.88. The van der Waals surface area contributed by atoms with E-state index in [1.54, 1.807) is 0 Å². The van der Waals surface area contributed by atoms with Gasteiger partial charge in [-0.3, -0.25) is 4.79 Å². The van der Waals surface area contributed by atoms with Gasteiger partial charge in [0.15, 0.2) is 33.3 Å². The number of carbonyl (C=O) groups is 4. The van der Waals surface area contributed by atoms with Gasteiger partial charge in [-0.25, -0.2) is 14.4 Å². The lowest BCUT2D eigenvalue weighted by Crippen LogP contribution is -2.52. The topological polar surface area (TPSA) is 185 Å². The minimum Gasteiger partial charge on any atom is -0.462 e. The zero-order valence-corrected chi connectivity index (χ0v) is 58.5. The Hall–Kier alpha value is -1.72. The van der Waals surface area contributed by atoms with Crippen molar-refractivity contribution in [2.45, 2.75) is 222 Å². The summed E-state index contributed by atoms with van der Waals surface area (Å²) in [6.45, 7) is 50.6. The summed E-state index contributed by atoms with van der Waals surface area (Å²) >= 11 is 0. The molecule has 2 aliphatic rings. The number of alkyl carbamates (subject to hydrolysis) is 2. The third kappa shape index (κ3) is 30.8. The van der Waals surface area contributed by atoms with E-state index in [2.05, 4.69) is 157 Å². The second kappa shape index (κ2) is 29.5. The van der Waals surface area contributed by atoms with E-state index in [-0.39, 0.29) is 85.7 Å². The van der Waals surface area contributed by atoms with Crippen molar-refractivity contribution in [3.05, 3.63) is 12.7 Å². The van der Waals surface area contributed by atoms with Gasteiger partial charge < -0.3 is 55.5 Å². The van der Waals surface area contributed by atoms with E-state index < -0.39 is 74.0 Å². The number of rotatable bonds is 34. The highest BCUT2D eigenvalue weighted by Crippen LogP contribution is 2.50. The molecule has 22 heteroatoms. The van der Waals surface area contributed by atoms with Crippen LogP contribution in [-0.4, -0.2) is 140 Å². The van der Waals surface area contributed by atoms with Crippen molar-refractivity contribution in [2.75, 3.05) is 59.4 Å². The molecule has 0 aromatic heterocycles. The van der Waals surface area contributed by atoms with E-state index >= 15 is 0 Å². The smallest absolute Gasteiger partial charge is 0.407 e. The third-order valence-electron chi connectivity index (χ3n) is 13.8. The van der Waals surface area contributed by atoms with Gasteiger partial charge in [0, 0.05) is 38.3 Å². The Morgan fingerprint density at radius 3 is 1.45 bits per heavy atom. The van der Waals surface area contributed by atoms with Gasteiger partial charge in [-0.2, -0.15) is 0 Å². The Balaban J connectivity index is 2.44. The Labute approximate surface area is 474 Å². The second-order valence-corrected chi connectivity index (χ2v) is 55.1. The van der Waals surface area contributed by atoms with Crippen LogP contribution in [0.2, 0.25) is 104 Å². The maximum absolute atomic E-state index is 14.0. The molecular formula is C55H112N2O14Si6. The van der Waals surface area contributed by atoms with E-state index in [1.165, 1.54) is 0 Å². The van der Waals surface area contributed by atoms with Crippen LogP contribution < -0.4 is 10.6 Å². The van der Waals surface area contributed by atoms with E-state index in [9.17, 15) is 19.2 Å². The monoisotopic (exact) mass is 1190 g/mol. The van der Waals surface area contributed by atoms with Crippen molar-refractivity contribution in [2.24, 2.45) is 33.0 Å². The molecule has 2 rings (SSSR count). The first-order chi connectivity index (χ1) is 34.9. The van der Waals surface area contributed by atoms with Crippen molar-refractivity contribution in [3.8, 4) is 0 Å². The van der Waals surface area contributed by atoms with Crippen molar-refractivity contribution >= 4 is 74.5 Å². The summed E-state index contributed by atoms with van der Waals surface area (Å²) in [6.07, 6.45) is 7.63. The standard InChI is InChI=1S/C55H112N2O14Si6/c1-23-47(58)64-29-30-65-48(59)33-45-34-51(3,4)39-54(8,35-45)40-56-49(60)66-43-55(41-62-27-25-31-76(21,68-72(9,10)11)69-73(12,13)14,42-63-28-26-32-77(22,70-74(15,16)17)71-75(18,19)20)44-67-50(61)57-46-36-52(5,6)38-53(7,24-2)37-46/h23,45-46H,1,24-44H2,2-22H3,(H,56,60)(H,57,61). The summed E-state index contributed by atoms with van der Waals surface area (Å²) in [5.74, 6) is -0.917. The van der Waals surface area contributed by atoms with Gasteiger partial charge >= 0.3 is 41.2 Å². The molecule has 2 fully saturated rings. The predicted molar refractivity (Wildman–Crippen MR) is 323 cm³/mol. The van der Waals surface area contributed by atoms with Crippen LogP contribution in [0.1, 0.15) is 113 Å². The summed E-state index contributed by atoms with van der Waals surface area (Å²) in [5.41, 5.74) is -1.42. The Morgan fingerprint density at radius 2 is 1.00 bits per heavy atom. The van der Waals surface area contributed by atoms with Crippen LogP contribution in [0.3, 0.4) is 0 Å². The van der Waals surface area contributed by atoms with Gasteiger partial charge in [-0.05, 0) is 183 Å². The lowest BCUT2D eigenvalue weighted by molar-refractivity contribution is -0.151. The summed E-state index contributed by atoms with van der Waals surface area (Å²) in [4.78, 5) is 52.3. The van der Waals surface area contributed by atoms with Gasteiger partial charge in [0.1, 0.15) is 26.4 Å².